The molecule has 1 aromatic carbocycles. The first-order chi connectivity index (χ1) is 15.5. The minimum Gasteiger partial charge on any atom is -0.444 e. The molecule has 2 amide bonds. The molecule has 33 heavy (non-hydrogen) atoms. The fraction of sp³-hybridized carbons (Fsp3) is 0.458. The Balaban J connectivity index is 1.67. The van der Waals surface area contributed by atoms with Crippen LogP contribution < -0.4 is 0 Å². The molecule has 3 heterocycles. The summed E-state index contributed by atoms with van der Waals surface area (Å²) in [6.07, 6.45) is 0.279. The first kappa shape index (κ1) is 23.8. The Morgan fingerprint density at radius 1 is 1.27 bits per heavy atom. The number of carbonyl (C=O) groups excluding carboxylic acids is 2. The summed E-state index contributed by atoms with van der Waals surface area (Å²) >= 11 is 12.6. The molecule has 2 aliphatic rings. The van der Waals surface area contributed by atoms with Crippen LogP contribution in [-0.2, 0) is 17.9 Å². The van der Waals surface area contributed by atoms with Gasteiger partial charge in [-0.15, -0.1) is 0 Å². The van der Waals surface area contributed by atoms with E-state index < -0.39 is 5.60 Å². The second-order valence-corrected chi connectivity index (χ2v) is 10.3. The molecule has 2 aromatic rings. The van der Waals surface area contributed by atoms with E-state index in [-0.39, 0.29) is 24.6 Å². The molecule has 1 fully saturated rings. The van der Waals surface area contributed by atoms with Crippen molar-refractivity contribution in [3.8, 4) is 11.1 Å². The molecule has 9 heteroatoms. The fourth-order valence-electron chi connectivity index (χ4n) is 4.49. The first-order valence-corrected chi connectivity index (χ1v) is 11.6. The monoisotopic (exact) mass is 491 g/mol. The second-order valence-electron chi connectivity index (χ2n) is 9.46. The van der Waals surface area contributed by atoms with Crippen LogP contribution in [0.5, 0.6) is 0 Å². The Kier molecular flexibility index (Phi) is 6.33. The maximum Gasteiger partial charge on any atom is 0.410 e. The number of carbonyl (C=O) groups is 2. The van der Waals surface area contributed by atoms with E-state index in [0.717, 1.165) is 0 Å². The van der Waals surface area contributed by atoms with Crippen LogP contribution in [0.2, 0.25) is 10.0 Å². The Morgan fingerprint density at radius 3 is 2.64 bits per heavy atom. The Morgan fingerprint density at radius 2 is 2.00 bits per heavy atom. The number of ether oxygens (including phenoxy) is 1. The maximum atomic E-state index is 13.6. The molecule has 0 unspecified atom stereocenters. The molecular formula is C24H27Cl2N3O4. The number of aliphatic hydroxyl groups is 1. The number of hydrogen-bond donors (Lipinski definition) is 1. The minimum absolute atomic E-state index is 0.148. The van der Waals surface area contributed by atoms with Crippen molar-refractivity contribution in [2.45, 2.75) is 58.9 Å². The molecule has 0 radical (unpaired) electrons. The van der Waals surface area contributed by atoms with Crippen molar-refractivity contribution in [3.63, 3.8) is 0 Å². The number of aryl methyl sites for hydroxylation is 1. The van der Waals surface area contributed by atoms with Crippen LogP contribution in [0.15, 0.2) is 18.2 Å². The SMILES string of the molecule is Cc1nc2c(c(-c3ccc(Cl)cc3Cl)c1CO)C(=O)N([C@H]1CCN(C(=O)OC(C)(C)C)C1)C2. The lowest BCUT2D eigenvalue weighted by atomic mass is 9.93. The highest BCUT2D eigenvalue weighted by atomic mass is 35.5. The van der Waals surface area contributed by atoms with Crippen LogP contribution in [0, 0.1) is 6.92 Å². The van der Waals surface area contributed by atoms with Crippen molar-refractivity contribution in [2.75, 3.05) is 13.1 Å². The largest absolute Gasteiger partial charge is 0.444 e. The molecule has 1 N–H and O–H groups in total. The molecule has 176 valence electrons. The van der Waals surface area contributed by atoms with Gasteiger partial charge in [0, 0.05) is 45.5 Å². The standard InChI is InChI=1S/C24H27Cl2N3O4/c1-13-17(12-30)20(16-6-5-14(25)9-18(16)26)21-19(27-13)11-29(22(21)31)15-7-8-28(10-15)23(32)33-24(2,3)4/h5-6,9,15,30H,7-8,10-12H2,1-4H3/t15-/m0/s1. The smallest absolute Gasteiger partial charge is 0.410 e. The van der Waals surface area contributed by atoms with E-state index in [1.807, 2.05) is 27.7 Å². The summed E-state index contributed by atoms with van der Waals surface area (Å²) in [7, 11) is 0. The lowest BCUT2D eigenvalue weighted by molar-refractivity contribution is 0.0276. The first-order valence-electron chi connectivity index (χ1n) is 10.9. The number of amides is 2. The van der Waals surface area contributed by atoms with Gasteiger partial charge in [-0.05, 0) is 46.2 Å². The van der Waals surface area contributed by atoms with E-state index >= 15 is 0 Å². The third-order valence-corrected chi connectivity index (χ3v) is 6.54. The lowest BCUT2D eigenvalue weighted by Gasteiger charge is -2.26. The van der Waals surface area contributed by atoms with E-state index in [9.17, 15) is 14.7 Å². The number of nitrogens with zero attached hydrogens (tertiary/aromatic N) is 3. The van der Waals surface area contributed by atoms with Gasteiger partial charge in [0.1, 0.15) is 5.60 Å². The average molecular weight is 492 g/mol. The molecule has 4 rings (SSSR count). The van der Waals surface area contributed by atoms with Gasteiger partial charge in [-0.25, -0.2) is 4.79 Å². The Labute approximate surface area is 203 Å². The van der Waals surface area contributed by atoms with E-state index in [2.05, 4.69) is 4.98 Å². The number of pyridine rings is 1. The second kappa shape index (κ2) is 8.78. The lowest BCUT2D eigenvalue weighted by Crippen LogP contribution is -2.40. The van der Waals surface area contributed by atoms with Gasteiger partial charge in [-0.2, -0.15) is 0 Å². The summed E-state index contributed by atoms with van der Waals surface area (Å²) in [5, 5.41) is 11.0. The normalized spacial score (nSPS) is 18.2. The average Bonchev–Trinajstić information content (AvgIpc) is 3.31. The maximum absolute atomic E-state index is 13.6. The highest BCUT2D eigenvalue weighted by Crippen LogP contribution is 2.41. The zero-order chi connectivity index (χ0) is 24.1. The summed E-state index contributed by atoms with van der Waals surface area (Å²) < 4.78 is 5.49. The van der Waals surface area contributed by atoms with Crippen LogP contribution in [0.1, 0.15) is 54.5 Å². The number of fused-ring (bicyclic) bond motifs is 1. The van der Waals surface area contributed by atoms with Gasteiger partial charge >= 0.3 is 6.09 Å². The zero-order valence-electron chi connectivity index (χ0n) is 19.1. The van der Waals surface area contributed by atoms with Crippen LogP contribution in [0.25, 0.3) is 11.1 Å². The van der Waals surface area contributed by atoms with E-state index in [1.165, 1.54) is 0 Å². The number of rotatable bonds is 3. The van der Waals surface area contributed by atoms with Gasteiger partial charge in [0.05, 0.1) is 30.5 Å². The molecule has 1 atom stereocenters. The van der Waals surface area contributed by atoms with Crippen LogP contribution in [0.4, 0.5) is 4.79 Å². The summed E-state index contributed by atoms with van der Waals surface area (Å²) in [6, 6.07) is 4.94. The summed E-state index contributed by atoms with van der Waals surface area (Å²) in [5.41, 5.74) is 2.95. The van der Waals surface area contributed by atoms with Crippen LogP contribution in [0.3, 0.4) is 0 Å². The van der Waals surface area contributed by atoms with Crippen LogP contribution in [-0.4, -0.2) is 56.6 Å². The number of likely N-dealkylation sites (tertiary alicyclic amines) is 1. The van der Waals surface area contributed by atoms with Crippen molar-refractivity contribution in [3.05, 3.63) is 50.8 Å². The van der Waals surface area contributed by atoms with E-state index in [0.29, 0.717) is 69.7 Å². The Hall–Kier alpha value is -2.35. The third kappa shape index (κ3) is 4.54. The van der Waals surface area contributed by atoms with Gasteiger partial charge in [0.2, 0.25) is 0 Å². The number of aliphatic hydroxyl groups excluding tert-OH is 1. The van der Waals surface area contributed by atoms with Crippen molar-refractivity contribution in [1.29, 1.82) is 0 Å². The van der Waals surface area contributed by atoms with Crippen molar-refractivity contribution >= 4 is 35.2 Å². The summed E-state index contributed by atoms with van der Waals surface area (Å²) in [4.78, 5) is 34.2. The molecular weight excluding hydrogens is 465 g/mol. The quantitative estimate of drug-likeness (QED) is 0.665. The van der Waals surface area contributed by atoms with Crippen molar-refractivity contribution in [2.24, 2.45) is 0 Å². The van der Waals surface area contributed by atoms with Gasteiger partial charge in [-0.3, -0.25) is 9.78 Å². The number of halogens is 2. The van der Waals surface area contributed by atoms with E-state index in [4.69, 9.17) is 27.9 Å². The number of benzene rings is 1. The summed E-state index contributed by atoms with van der Waals surface area (Å²) in [5.74, 6) is -0.177. The molecule has 0 bridgehead atoms. The predicted molar refractivity (Wildman–Crippen MR) is 126 cm³/mol. The number of aromatic nitrogens is 1. The molecule has 2 aliphatic heterocycles. The third-order valence-electron chi connectivity index (χ3n) is 5.99. The number of hydrogen-bond acceptors (Lipinski definition) is 5. The fourth-order valence-corrected chi connectivity index (χ4v) is 4.99. The molecule has 7 nitrogen and oxygen atoms in total. The molecule has 0 aliphatic carbocycles. The summed E-state index contributed by atoms with van der Waals surface area (Å²) in [6.45, 7) is 8.28. The zero-order valence-corrected chi connectivity index (χ0v) is 20.6. The molecule has 1 aromatic heterocycles. The van der Waals surface area contributed by atoms with Gasteiger partial charge < -0.3 is 19.6 Å². The topological polar surface area (TPSA) is 83.0 Å². The highest BCUT2D eigenvalue weighted by Gasteiger charge is 2.41. The molecule has 1 saturated heterocycles. The van der Waals surface area contributed by atoms with Gasteiger partial charge in [0.15, 0.2) is 0 Å². The Bertz CT molecular complexity index is 1130. The van der Waals surface area contributed by atoms with Crippen molar-refractivity contribution in [1.82, 2.24) is 14.8 Å². The predicted octanol–water partition coefficient (Wildman–Crippen LogP) is 4.82. The van der Waals surface area contributed by atoms with Gasteiger partial charge in [-0.1, -0.05) is 29.3 Å². The van der Waals surface area contributed by atoms with Gasteiger partial charge in [0.25, 0.3) is 5.91 Å². The highest BCUT2D eigenvalue weighted by molar-refractivity contribution is 6.36. The van der Waals surface area contributed by atoms with Crippen LogP contribution >= 0.6 is 23.2 Å². The molecule has 0 saturated carbocycles. The molecule has 0 spiro atoms. The van der Waals surface area contributed by atoms with E-state index in [1.54, 1.807) is 28.0 Å². The minimum atomic E-state index is -0.580. The van der Waals surface area contributed by atoms with Crippen molar-refractivity contribution < 1.29 is 19.4 Å².